The summed E-state index contributed by atoms with van der Waals surface area (Å²) < 4.78 is 5.64. The fourth-order valence-corrected chi connectivity index (χ4v) is 1.33. The minimum Gasteiger partial charge on any atom is -0.370 e. The monoisotopic (exact) mass is 210 g/mol. The molecule has 0 aliphatic carbocycles. The Hall–Kier alpha value is -1.23. The van der Waals surface area contributed by atoms with Crippen LogP contribution in [-0.4, -0.2) is 21.6 Å². The van der Waals surface area contributed by atoms with Crippen LogP contribution < -0.4 is 5.73 Å². The Kier molecular flexibility index (Phi) is 3.57. The summed E-state index contributed by atoms with van der Waals surface area (Å²) >= 11 is 0. The summed E-state index contributed by atoms with van der Waals surface area (Å²) in [6, 6.07) is 0. The summed E-state index contributed by atoms with van der Waals surface area (Å²) in [5.74, 6) is 0.825. The summed E-state index contributed by atoms with van der Waals surface area (Å²) in [5, 5.41) is 0. The van der Waals surface area contributed by atoms with Gasteiger partial charge in [0.25, 0.3) is 0 Å². The molecular weight excluding hydrogens is 192 g/mol. The first-order valence-corrected chi connectivity index (χ1v) is 5.01. The van der Waals surface area contributed by atoms with Crippen molar-refractivity contribution < 1.29 is 4.74 Å². The van der Waals surface area contributed by atoms with E-state index in [9.17, 15) is 0 Å². The molecule has 0 aliphatic rings. The molecule has 0 radical (unpaired) electrons. The first-order chi connectivity index (χ1) is 6.95. The van der Waals surface area contributed by atoms with Gasteiger partial charge in [-0.1, -0.05) is 20.8 Å². The van der Waals surface area contributed by atoms with Crippen molar-refractivity contribution in [1.29, 1.82) is 0 Å². The fraction of sp³-hybridized carbons (Fsp3) is 0.700. The molecule has 0 bridgehead atoms. The molecule has 1 atom stereocenters. The van der Waals surface area contributed by atoms with Gasteiger partial charge >= 0.3 is 0 Å². The Morgan fingerprint density at radius 3 is 2.53 bits per heavy atom. The second-order valence-electron chi connectivity index (χ2n) is 4.40. The molecule has 1 heterocycles. The van der Waals surface area contributed by atoms with Crippen molar-refractivity contribution in [2.45, 2.75) is 33.8 Å². The molecule has 5 nitrogen and oxygen atoms in total. The van der Waals surface area contributed by atoms with Gasteiger partial charge in [0.2, 0.25) is 5.95 Å². The van der Waals surface area contributed by atoms with Crippen molar-refractivity contribution in [2.24, 2.45) is 5.41 Å². The van der Waals surface area contributed by atoms with Crippen LogP contribution in [0.5, 0.6) is 0 Å². The number of ether oxygens (including phenoxy) is 1. The molecular formula is C10H18N4O. The summed E-state index contributed by atoms with van der Waals surface area (Å²) in [4.78, 5) is 12.0. The van der Waals surface area contributed by atoms with Crippen molar-refractivity contribution in [1.82, 2.24) is 15.0 Å². The second-order valence-corrected chi connectivity index (χ2v) is 4.40. The molecule has 0 fully saturated rings. The highest BCUT2D eigenvalue weighted by molar-refractivity contribution is 5.14. The maximum Gasteiger partial charge on any atom is 0.223 e. The highest BCUT2D eigenvalue weighted by Gasteiger charge is 2.29. The van der Waals surface area contributed by atoms with E-state index in [1.165, 1.54) is 6.33 Å². The van der Waals surface area contributed by atoms with E-state index in [1.807, 2.05) is 6.92 Å². The van der Waals surface area contributed by atoms with Crippen LogP contribution in [0.25, 0.3) is 0 Å². The lowest BCUT2D eigenvalue weighted by molar-refractivity contribution is -0.0191. The van der Waals surface area contributed by atoms with E-state index >= 15 is 0 Å². The normalized spacial score (nSPS) is 13.9. The van der Waals surface area contributed by atoms with Gasteiger partial charge in [-0.3, -0.25) is 0 Å². The van der Waals surface area contributed by atoms with Crippen molar-refractivity contribution in [3.8, 4) is 0 Å². The van der Waals surface area contributed by atoms with Gasteiger partial charge in [0.15, 0.2) is 5.82 Å². The van der Waals surface area contributed by atoms with E-state index in [1.54, 1.807) is 0 Å². The summed E-state index contributed by atoms with van der Waals surface area (Å²) in [5.41, 5.74) is 5.45. The lowest BCUT2D eigenvalue weighted by Gasteiger charge is -2.28. The first kappa shape index (κ1) is 11.8. The Morgan fingerprint density at radius 2 is 2.07 bits per heavy atom. The van der Waals surface area contributed by atoms with E-state index in [2.05, 4.69) is 35.7 Å². The van der Waals surface area contributed by atoms with Crippen LogP contribution in [0, 0.1) is 5.41 Å². The summed E-state index contributed by atoms with van der Waals surface area (Å²) in [7, 11) is 0. The maximum atomic E-state index is 5.64. The fourth-order valence-electron chi connectivity index (χ4n) is 1.33. The lowest BCUT2D eigenvalue weighted by Crippen LogP contribution is -2.24. The molecule has 84 valence electrons. The molecule has 2 N–H and O–H groups in total. The minimum atomic E-state index is -0.159. The average molecular weight is 210 g/mol. The van der Waals surface area contributed by atoms with Gasteiger partial charge in [-0.2, -0.15) is 4.98 Å². The van der Waals surface area contributed by atoms with Gasteiger partial charge < -0.3 is 10.5 Å². The van der Waals surface area contributed by atoms with Crippen LogP contribution >= 0.6 is 0 Å². The van der Waals surface area contributed by atoms with Crippen LogP contribution in [0.15, 0.2) is 6.33 Å². The van der Waals surface area contributed by atoms with Crippen LogP contribution in [0.4, 0.5) is 5.95 Å². The zero-order valence-corrected chi connectivity index (χ0v) is 9.69. The number of anilines is 1. The van der Waals surface area contributed by atoms with Gasteiger partial charge in [-0.05, 0) is 12.3 Å². The number of nitrogens with two attached hydrogens (primary N) is 1. The maximum absolute atomic E-state index is 5.64. The Morgan fingerprint density at radius 1 is 1.40 bits per heavy atom. The van der Waals surface area contributed by atoms with Crippen LogP contribution in [-0.2, 0) is 4.74 Å². The first-order valence-electron chi connectivity index (χ1n) is 5.01. The van der Waals surface area contributed by atoms with Crippen LogP contribution in [0.3, 0.4) is 0 Å². The topological polar surface area (TPSA) is 73.9 Å². The molecule has 0 spiro atoms. The van der Waals surface area contributed by atoms with Crippen LogP contribution in [0.2, 0.25) is 0 Å². The van der Waals surface area contributed by atoms with E-state index in [0.29, 0.717) is 12.4 Å². The Labute approximate surface area is 90.1 Å². The van der Waals surface area contributed by atoms with E-state index in [-0.39, 0.29) is 17.5 Å². The minimum absolute atomic E-state index is 0.0657. The van der Waals surface area contributed by atoms with Crippen molar-refractivity contribution in [2.75, 3.05) is 12.3 Å². The average Bonchev–Trinajstić information content (AvgIpc) is 2.12. The molecule has 0 saturated heterocycles. The predicted molar refractivity (Wildman–Crippen MR) is 58.1 cm³/mol. The third kappa shape index (κ3) is 3.13. The number of hydrogen-bond donors (Lipinski definition) is 1. The van der Waals surface area contributed by atoms with Gasteiger partial charge in [0, 0.05) is 6.61 Å². The smallest absolute Gasteiger partial charge is 0.223 e. The molecule has 1 aromatic rings. The number of nitrogen functional groups attached to an aromatic ring is 1. The number of aromatic nitrogens is 3. The van der Waals surface area contributed by atoms with E-state index < -0.39 is 0 Å². The predicted octanol–water partition coefficient (Wildman–Crippen LogP) is 1.58. The molecule has 0 aliphatic heterocycles. The third-order valence-electron chi connectivity index (χ3n) is 1.96. The SMILES string of the molecule is CCOC(c1ncnc(N)n1)C(C)(C)C. The number of hydrogen-bond acceptors (Lipinski definition) is 5. The number of nitrogens with zero attached hydrogens (tertiary/aromatic N) is 3. The molecule has 1 aromatic heterocycles. The molecule has 1 rings (SSSR count). The molecule has 0 amide bonds. The Balaban J connectivity index is 2.99. The molecule has 0 saturated carbocycles. The van der Waals surface area contributed by atoms with E-state index in [0.717, 1.165) is 0 Å². The standard InChI is InChI=1S/C10H18N4O/c1-5-15-7(10(2,3)4)8-12-6-13-9(11)14-8/h6-7H,5H2,1-4H3,(H2,11,12,13,14). The zero-order valence-electron chi connectivity index (χ0n) is 9.69. The van der Waals surface area contributed by atoms with Crippen molar-refractivity contribution >= 4 is 5.95 Å². The third-order valence-corrected chi connectivity index (χ3v) is 1.96. The van der Waals surface area contributed by atoms with Gasteiger partial charge in [0.05, 0.1) is 0 Å². The lowest BCUT2D eigenvalue weighted by atomic mass is 9.88. The summed E-state index contributed by atoms with van der Waals surface area (Å²) in [6.45, 7) is 8.80. The number of rotatable bonds is 3. The quantitative estimate of drug-likeness (QED) is 0.819. The van der Waals surface area contributed by atoms with Gasteiger partial charge in [-0.15, -0.1) is 0 Å². The van der Waals surface area contributed by atoms with E-state index in [4.69, 9.17) is 10.5 Å². The second kappa shape index (κ2) is 4.53. The molecule has 0 aromatic carbocycles. The van der Waals surface area contributed by atoms with Crippen molar-refractivity contribution in [3.63, 3.8) is 0 Å². The zero-order chi connectivity index (χ0) is 11.5. The molecule has 5 heteroatoms. The highest BCUT2D eigenvalue weighted by atomic mass is 16.5. The highest BCUT2D eigenvalue weighted by Crippen LogP contribution is 2.33. The van der Waals surface area contributed by atoms with Gasteiger partial charge in [0.1, 0.15) is 12.4 Å². The Bertz CT molecular complexity index is 321. The van der Waals surface area contributed by atoms with Gasteiger partial charge in [-0.25, -0.2) is 9.97 Å². The summed E-state index contributed by atoms with van der Waals surface area (Å²) in [6.07, 6.45) is 1.25. The largest absolute Gasteiger partial charge is 0.370 e. The van der Waals surface area contributed by atoms with Crippen molar-refractivity contribution in [3.05, 3.63) is 12.2 Å². The molecule has 1 unspecified atom stereocenters. The van der Waals surface area contributed by atoms with Crippen LogP contribution in [0.1, 0.15) is 39.6 Å². The molecule has 15 heavy (non-hydrogen) atoms.